The average Bonchev–Trinajstić information content (AvgIpc) is 3.22. The molecule has 0 heterocycles. The van der Waals surface area contributed by atoms with Crippen LogP contribution >= 0.6 is 12.4 Å². The van der Waals surface area contributed by atoms with E-state index < -0.39 is 6.04 Å². The topological polar surface area (TPSA) is 84.2 Å². The molecule has 2 rings (SSSR count). The van der Waals surface area contributed by atoms with E-state index in [9.17, 15) is 9.59 Å². The summed E-state index contributed by atoms with van der Waals surface area (Å²) in [4.78, 5) is 23.6. The van der Waals surface area contributed by atoms with Crippen molar-refractivity contribution in [1.29, 1.82) is 0 Å². The molecule has 21 heavy (non-hydrogen) atoms. The lowest BCUT2D eigenvalue weighted by molar-refractivity contribution is -0.118. The lowest BCUT2D eigenvalue weighted by Gasteiger charge is -2.15. The van der Waals surface area contributed by atoms with E-state index in [4.69, 9.17) is 5.73 Å². The molecule has 0 aromatic heterocycles. The molecule has 0 radical (unpaired) electrons. The number of anilines is 2. The summed E-state index contributed by atoms with van der Waals surface area (Å²) in [5, 5.41) is 5.61. The molecule has 1 fully saturated rings. The minimum absolute atomic E-state index is 0. The maximum absolute atomic E-state index is 11.9. The molecule has 116 valence electrons. The Morgan fingerprint density at radius 2 is 1.76 bits per heavy atom. The second-order valence-corrected chi connectivity index (χ2v) is 5.60. The van der Waals surface area contributed by atoms with Crippen LogP contribution < -0.4 is 16.4 Å². The van der Waals surface area contributed by atoms with Gasteiger partial charge in [0.2, 0.25) is 11.8 Å². The van der Waals surface area contributed by atoms with Gasteiger partial charge in [-0.05, 0) is 37.0 Å². The zero-order valence-electron chi connectivity index (χ0n) is 12.3. The van der Waals surface area contributed by atoms with Gasteiger partial charge in [-0.2, -0.15) is 0 Å². The van der Waals surface area contributed by atoms with Crippen molar-refractivity contribution in [3.05, 3.63) is 24.3 Å². The Bertz CT molecular complexity index is 515. The standard InChI is InChI=1S/C15H21N3O2.ClH/c1-9(2)13(16)15(20)18-12-5-3-4-11(8-12)17-14(19)10-6-7-10;/h3-5,8-10,13H,6-7,16H2,1-2H3,(H,17,19)(H,18,20);1H/t13-;/m1./s1. The molecule has 1 saturated carbocycles. The molecule has 5 nitrogen and oxygen atoms in total. The van der Waals surface area contributed by atoms with Crippen molar-refractivity contribution in [1.82, 2.24) is 0 Å². The van der Waals surface area contributed by atoms with Gasteiger partial charge in [-0.3, -0.25) is 9.59 Å². The van der Waals surface area contributed by atoms with Crippen molar-refractivity contribution >= 4 is 35.6 Å². The molecule has 1 aromatic carbocycles. The van der Waals surface area contributed by atoms with Crippen LogP contribution in [-0.4, -0.2) is 17.9 Å². The van der Waals surface area contributed by atoms with Gasteiger partial charge < -0.3 is 16.4 Å². The van der Waals surface area contributed by atoms with E-state index >= 15 is 0 Å². The minimum atomic E-state index is -0.542. The normalized spacial score (nSPS) is 15.0. The summed E-state index contributed by atoms with van der Waals surface area (Å²) in [5.74, 6) is 0.0633. The largest absolute Gasteiger partial charge is 0.326 e. The monoisotopic (exact) mass is 311 g/mol. The molecule has 6 heteroatoms. The number of carbonyl (C=O) groups excluding carboxylic acids is 2. The molecular weight excluding hydrogens is 290 g/mol. The van der Waals surface area contributed by atoms with Gasteiger partial charge in [-0.25, -0.2) is 0 Å². The summed E-state index contributed by atoms with van der Waals surface area (Å²) < 4.78 is 0. The number of nitrogens with two attached hydrogens (primary N) is 1. The van der Waals surface area contributed by atoms with E-state index in [2.05, 4.69) is 10.6 Å². The highest BCUT2D eigenvalue weighted by molar-refractivity contribution is 5.97. The van der Waals surface area contributed by atoms with Crippen molar-refractivity contribution < 1.29 is 9.59 Å². The van der Waals surface area contributed by atoms with Crippen LogP contribution in [0.15, 0.2) is 24.3 Å². The Hall–Kier alpha value is -1.59. The third-order valence-electron chi connectivity index (χ3n) is 3.37. The number of halogens is 1. The Kier molecular flexibility index (Phi) is 6.18. The van der Waals surface area contributed by atoms with Gasteiger partial charge in [0.05, 0.1) is 6.04 Å². The fourth-order valence-electron chi connectivity index (χ4n) is 1.79. The lowest BCUT2D eigenvalue weighted by atomic mass is 10.0. The molecule has 0 aliphatic heterocycles. The lowest BCUT2D eigenvalue weighted by Crippen LogP contribution is -2.39. The second kappa shape index (κ2) is 7.43. The Labute approximate surface area is 131 Å². The Morgan fingerprint density at radius 1 is 1.19 bits per heavy atom. The summed E-state index contributed by atoms with van der Waals surface area (Å²) in [7, 11) is 0. The van der Waals surface area contributed by atoms with Crippen molar-refractivity contribution in [3.8, 4) is 0 Å². The highest BCUT2D eigenvalue weighted by Crippen LogP contribution is 2.30. The SMILES string of the molecule is CC(C)[C@@H](N)C(=O)Nc1cccc(NC(=O)C2CC2)c1.Cl. The molecule has 4 N–H and O–H groups in total. The summed E-state index contributed by atoms with van der Waals surface area (Å²) in [5.41, 5.74) is 7.12. The third-order valence-corrected chi connectivity index (χ3v) is 3.37. The quantitative estimate of drug-likeness (QED) is 0.780. The van der Waals surface area contributed by atoms with Crippen molar-refractivity contribution in [3.63, 3.8) is 0 Å². The van der Waals surface area contributed by atoms with E-state index in [1.54, 1.807) is 24.3 Å². The smallest absolute Gasteiger partial charge is 0.241 e. The molecule has 1 aliphatic rings. The minimum Gasteiger partial charge on any atom is -0.326 e. The number of amides is 2. The van der Waals surface area contributed by atoms with Gasteiger partial charge >= 0.3 is 0 Å². The van der Waals surface area contributed by atoms with Crippen LogP contribution in [-0.2, 0) is 9.59 Å². The number of nitrogens with one attached hydrogen (secondary N) is 2. The van der Waals surface area contributed by atoms with Crippen LogP contribution in [0.2, 0.25) is 0 Å². The molecule has 0 bridgehead atoms. The zero-order chi connectivity index (χ0) is 14.7. The predicted octanol–water partition coefficient (Wildman–Crippen LogP) is 2.38. The van der Waals surface area contributed by atoms with Crippen LogP contribution in [0, 0.1) is 11.8 Å². The second-order valence-electron chi connectivity index (χ2n) is 5.60. The number of carbonyl (C=O) groups is 2. The van der Waals surface area contributed by atoms with Gasteiger partial charge in [-0.1, -0.05) is 19.9 Å². The van der Waals surface area contributed by atoms with Gasteiger partial charge in [0.15, 0.2) is 0 Å². The van der Waals surface area contributed by atoms with Crippen molar-refractivity contribution in [2.45, 2.75) is 32.7 Å². The third kappa shape index (κ3) is 5.02. The first-order chi connectivity index (χ1) is 9.47. The fraction of sp³-hybridized carbons (Fsp3) is 0.467. The van der Waals surface area contributed by atoms with Crippen LogP contribution in [0.3, 0.4) is 0 Å². The van der Waals surface area contributed by atoms with Gasteiger partial charge in [0.25, 0.3) is 0 Å². The van der Waals surface area contributed by atoms with Crippen molar-refractivity contribution in [2.75, 3.05) is 10.6 Å². The Morgan fingerprint density at radius 3 is 2.29 bits per heavy atom. The molecular formula is C15H22ClN3O2. The van der Waals surface area contributed by atoms with Crippen LogP contribution in [0.1, 0.15) is 26.7 Å². The molecule has 0 saturated heterocycles. The molecule has 1 atom stereocenters. The van der Waals surface area contributed by atoms with Crippen LogP contribution in [0.5, 0.6) is 0 Å². The maximum atomic E-state index is 11.9. The summed E-state index contributed by atoms with van der Waals surface area (Å²) in [6, 6.07) is 6.57. The number of hydrogen-bond donors (Lipinski definition) is 3. The number of benzene rings is 1. The zero-order valence-corrected chi connectivity index (χ0v) is 13.1. The summed E-state index contributed by atoms with van der Waals surface area (Å²) in [6.07, 6.45) is 1.93. The summed E-state index contributed by atoms with van der Waals surface area (Å²) in [6.45, 7) is 3.80. The number of rotatable bonds is 5. The van der Waals surface area contributed by atoms with E-state index in [1.807, 2.05) is 13.8 Å². The highest BCUT2D eigenvalue weighted by atomic mass is 35.5. The molecule has 1 aromatic rings. The fourth-order valence-corrected chi connectivity index (χ4v) is 1.79. The average molecular weight is 312 g/mol. The Balaban J connectivity index is 0.00000220. The van der Waals surface area contributed by atoms with E-state index in [-0.39, 0.29) is 36.1 Å². The molecule has 1 aliphatic carbocycles. The molecule has 0 spiro atoms. The first kappa shape index (κ1) is 17.5. The summed E-state index contributed by atoms with van der Waals surface area (Å²) >= 11 is 0. The predicted molar refractivity (Wildman–Crippen MR) is 86.5 cm³/mol. The highest BCUT2D eigenvalue weighted by Gasteiger charge is 2.29. The van der Waals surface area contributed by atoms with Crippen LogP contribution in [0.25, 0.3) is 0 Å². The van der Waals surface area contributed by atoms with E-state index in [1.165, 1.54) is 0 Å². The van der Waals surface area contributed by atoms with E-state index in [0.29, 0.717) is 11.4 Å². The van der Waals surface area contributed by atoms with Crippen molar-refractivity contribution in [2.24, 2.45) is 17.6 Å². The first-order valence-electron chi connectivity index (χ1n) is 6.94. The number of hydrogen-bond acceptors (Lipinski definition) is 3. The van der Waals surface area contributed by atoms with Gasteiger partial charge in [-0.15, -0.1) is 12.4 Å². The maximum Gasteiger partial charge on any atom is 0.241 e. The van der Waals surface area contributed by atoms with E-state index in [0.717, 1.165) is 12.8 Å². The van der Waals surface area contributed by atoms with Gasteiger partial charge in [0, 0.05) is 17.3 Å². The van der Waals surface area contributed by atoms with Crippen LogP contribution in [0.4, 0.5) is 11.4 Å². The molecule has 2 amide bonds. The van der Waals surface area contributed by atoms with Gasteiger partial charge in [0.1, 0.15) is 0 Å². The first-order valence-corrected chi connectivity index (χ1v) is 6.94. The molecule has 0 unspecified atom stereocenters.